The molecule has 4 rings (SSSR count). The van der Waals surface area contributed by atoms with Crippen molar-refractivity contribution in [2.75, 3.05) is 18.3 Å². The lowest BCUT2D eigenvalue weighted by molar-refractivity contribution is 0.112. The number of alkyl halides is 1. The van der Waals surface area contributed by atoms with E-state index in [9.17, 15) is 5.11 Å². The molecule has 0 spiro atoms. The maximum absolute atomic E-state index is 10.7. The summed E-state index contributed by atoms with van der Waals surface area (Å²) < 4.78 is 10.7. The lowest BCUT2D eigenvalue weighted by Crippen LogP contribution is -2.64. The lowest BCUT2D eigenvalue weighted by atomic mass is 10.1. The average Bonchev–Trinajstić information content (AvgIpc) is 3.13. The quantitative estimate of drug-likeness (QED) is 0.674. The number of hydrazine groups is 1. The zero-order chi connectivity index (χ0) is 19.0. The van der Waals surface area contributed by atoms with Crippen molar-refractivity contribution in [1.29, 1.82) is 0 Å². The van der Waals surface area contributed by atoms with Gasteiger partial charge >= 0.3 is 0 Å². The number of rotatable bonds is 4. The first-order chi connectivity index (χ1) is 13.0. The van der Waals surface area contributed by atoms with Gasteiger partial charge in [-0.1, -0.05) is 23.7 Å². The van der Waals surface area contributed by atoms with Crippen LogP contribution in [0.3, 0.4) is 0 Å². The molecule has 27 heavy (non-hydrogen) atoms. The van der Waals surface area contributed by atoms with E-state index in [4.69, 9.17) is 32.7 Å². The predicted octanol–water partition coefficient (Wildman–Crippen LogP) is 2.79. The molecule has 2 aromatic carbocycles. The Hall–Kier alpha value is -1.70. The topological polar surface area (TPSA) is 66.0 Å². The number of nitrogens with one attached hydrogen (secondary N) is 2. The minimum absolute atomic E-state index is 0.107. The van der Waals surface area contributed by atoms with Crippen LogP contribution in [0.1, 0.15) is 11.1 Å². The van der Waals surface area contributed by atoms with Gasteiger partial charge in [-0.15, -0.1) is 11.6 Å². The highest BCUT2D eigenvalue weighted by atomic mass is 35.5. The smallest absolute Gasteiger partial charge is 0.231 e. The molecule has 144 valence electrons. The maximum atomic E-state index is 10.7. The number of hydrogen-bond acceptors (Lipinski definition) is 6. The van der Waals surface area contributed by atoms with E-state index in [1.807, 2.05) is 43.3 Å². The number of anilines is 1. The second kappa shape index (κ2) is 7.73. The summed E-state index contributed by atoms with van der Waals surface area (Å²) >= 11 is 12.7. The van der Waals surface area contributed by atoms with Crippen LogP contribution in [0.5, 0.6) is 11.5 Å². The minimum Gasteiger partial charge on any atom is -0.454 e. The molecule has 3 N–H and O–H groups in total. The molecule has 3 unspecified atom stereocenters. The van der Waals surface area contributed by atoms with E-state index in [0.29, 0.717) is 18.1 Å². The van der Waals surface area contributed by atoms with Crippen LogP contribution >= 0.6 is 23.2 Å². The van der Waals surface area contributed by atoms with Gasteiger partial charge in [0.1, 0.15) is 0 Å². The van der Waals surface area contributed by atoms with Crippen LogP contribution in [-0.2, 0) is 6.54 Å². The Morgan fingerprint density at radius 2 is 2.04 bits per heavy atom. The third-order valence-corrected chi connectivity index (χ3v) is 5.79. The summed E-state index contributed by atoms with van der Waals surface area (Å²) in [5.41, 5.74) is 6.04. The molecule has 6 nitrogen and oxygen atoms in total. The second-order valence-corrected chi connectivity index (χ2v) is 7.61. The van der Waals surface area contributed by atoms with Crippen molar-refractivity contribution >= 4 is 28.9 Å². The van der Waals surface area contributed by atoms with Gasteiger partial charge in [-0.2, -0.15) is 0 Å². The van der Waals surface area contributed by atoms with Crippen LogP contribution in [-0.4, -0.2) is 36.1 Å². The molecule has 0 aromatic heterocycles. The average molecular weight is 410 g/mol. The van der Waals surface area contributed by atoms with Gasteiger partial charge in [0.05, 0.1) is 11.1 Å². The van der Waals surface area contributed by atoms with E-state index in [1.54, 1.807) is 5.01 Å². The normalized spacial score (nSPS) is 24.3. The molecule has 8 heteroatoms. The zero-order valence-electron chi connectivity index (χ0n) is 14.8. The fraction of sp³-hybridized carbons (Fsp3) is 0.368. The molecular weight excluding hydrogens is 389 g/mol. The van der Waals surface area contributed by atoms with Crippen LogP contribution in [0.4, 0.5) is 5.69 Å². The van der Waals surface area contributed by atoms with Gasteiger partial charge in [0.25, 0.3) is 0 Å². The fourth-order valence-corrected chi connectivity index (χ4v) is 3.68. The first-order valence-corrected chi connectivity index (χ1v) is 9.57. The van der Waals surface area contributed by atoms with E-state index in [2.05, 4.69) is 10.7 Å². The molecule has 0 saturated carbocycles. The van der Waals surface area contributed by atoms with Gasteiger partial charge < -0.3 is 19.9 Å². The summed E-state index contributed by atoms with van der Waals surface area (Å²) in [5.74, 6) is 1.51. The van der Waals surface area contributed by atoms with Crippen molar-refractivity contribution in [2.45, 2.75) is 31.1 Å². The van der Waals surface area contributed by atoms with Crippen LogP contribution in [0.2, 0.25) is 5.02 Å². The van der Waals surface area contributed by atoms with Crippen molar-refractivity contribution in [3.8, 4) is 11.5 Å². The van der Waals surface area contributed by atoms with Crippen LogP contribution < -0.4 is 25.2 Å². The van der Waals surface area contributed by atoms with E-state index in [0.717, 1.165) is 28.3 Å². The third kappa shape index (κ3) is 3.81. The Bertz CT molecular complexity index is 836. The van der Waals surface area contributed by atoms with Gasteiger partial charge in [-0.05, 0) is 42.3 Å². The SMILES string of the molecule is Cc1ccc(N2NCC(NCc3ccc4c(c3)OCO4)C(Cl)C2O)cc1Cl. The van der Waals surface area contributed by atoms with E-state index >= 15 is 0 Å². The highest BCUT2D eigenvalue weighted by Gasteiger charge is 2.36. The number of aliphatic hydroxyl groups excluding tert-OH is 1. The van der Waals surface area contributed by atoms with Crippen molar-refractivity contribution in [1.82, 2.24) is 10.7 Å². The summed E-state index contributed by atoms with van der Waals surface area (Å²) in [5, 5.41) is 15.9. The van der Waals surface area contributed by atoms with E-state index < -0.39 is 11.6 Å². The molecule has 2 aliphatic heterocycles. The summed E-state index contributed by atoms with van der Waals surface area (Å²) in [4.78, 5) is 0. The van der Waals surface area contributed by atoms with Gasteiger partial charge in [-0.25, -0.2) is 5.43 Å². The monoisotopic (exact) mass is 409 g/mol. The Balaban J connectivity index is 1.39. The van der Waals surface area contributed by atoms with Gasteiger partial charge in [0, 0.05) is 24.2 Å². The van der Waals surface area contributed by atoms with Crippen LogP contribution in [0, 0.1) is 6.92 Å². The van der Waals surface area contributed by atoms with Crippen LogP contribution in [0.25, 0.3) is 0 Å². The van der Waals surface area contributed by atoms with Crippen molar-refractivity contribution in [2.24, 2.45) is 0 Å². The van der Waals surface area contributed by atoms with Crippen molar-refractivity contribution in [3.63, 3.8) is 0 Å². The standard InChI is InChI=1S/C19H21Cl2N3O3/c1-11-2-4-13(7-14(11)20)24-19(25)18(21)15(9-23-24)22-8-12-3-5-16-17(6-12)27-10-26-16/h2-7,15,18-19,22-23,25H,8-10H2,1H3. The summed E-state index contributed by atoms with van der Waals surface area (Å²) in [6.07, 6.45) is -0.895. The highest BCUT2D eigenvalue weighted by Crippen LogP contribution is 2.32. The Labute approximate surface area is 167 Å². The Morgan fingerprint density at radius 1 is 1.22 bits per heavy atom. The fourth-order valence-electron chi connectivity index (χ4n) is 3.21. The highest BCUT2D eigenvalue weighted by molar-refractivity contribution is 6.31. The predicted molar refractivity (Wildman–Crippen MR) is 106 cm³/mol. The number of hydrogen-bond donors (Lipinski definition) is 3. The summed E-state index contributed by atoms with van der Waals surface area (Å²) in [6.45, 7) is 3.37. The molecule has 0 aliphatic carbocycles. The molecule has 1 fully saturated rings. The number of fused-ring (bicyclic) bond motifs is 1. The largest absolute Gasteiger partial charge is 0.454 e. The molecule has 3 atom stereocenters. The molecule has 2 heterocycles. The second-order valence-electron chi connectivity index (χ2n) is 6.70. The molecule has 2 aliphatic rings. The molecule has 0 radical (unpaired) electrons. The van der Waals surface area contributed by atoms with E-state index in [1.165, 1.54) is 0 Å². The van der Waals surface area contributed by atoms with Crippen LogP contribution in [0.15, 0.2) is 36.4 Å². The Kier molecular flexibility index (Phi) is 5.34. The zero-order valence-corrected chi connectivity index (χ0v) is 16.3. The number of nitrogens with zero attached hydrogens (tertiary/aromatic N) is 1. The maximum Gasteiger partial charge on any atom is 0.231 e. The van der Waals surface area contributed by atoms with Gasteiger partial charge in [-0.3, -0.25) is 5.01 Å². The van der Waals surface area contributed by atoms with Crippen molar-refractivity contribution < 1.29 is 14.6 Å². The summed E-state index contributed by atoms with van der Waals surface area (Å²) in [6, 6.07) is 11.4. The lowest BCUT2D eigenvalue weighted by Gasteiger charge is -2.42. The molecule has 2 aromatic rings. The molecule has 0 bridgehead atoms. The van der Waals surface area contributed by atoms with Crippen molar-refractivity contribution in [3.05, 3.63) is 52.5 Å². The number of halogens is 2. The number of aliphatic hydroxyl groups is 1. The number of aryl methyl sites for hydroxylation is 1. The van der Waals surface area contributed by atoms with Gasteiger partial charge in [0.2, 0.25) is 6.79 Å². The van der Waals surface area contributed by atoms with Gasteiger partial charge in [0.15, 0.2) is 17.7 Å². The summed E-state index contributed by atoms with van der Waals surface area (Å²) in [7, 11) is 0. The third-order valence-electron chi connectivity index (χ3n) is 4.85. The first kappa shape index (κ1) is 18.7. The molecular formula is C19H21Cl2N3O3. The first-order valence-electron chi connectivity index (χ1n) is 8.76. The Morgan fingerprint density at radius 3 is 2.85 bits per heavy atom. The minimum atomic E-state index is -0.895. The number of ether oxygens (including phenoxy) is 2. The molecule has 1 saturated heterocycles. The molecule has 0 amide bonds. The number of benzene rings is 2. The van der Waals surface area contributed by atoms with E-state index in [-0.39, 0.29) is 12.8 Å².